The van der Waals surface area contributed by atoms with Crippen LogP contribution in [0.4, 0.5) is 0 Å². The summed E-state index contributed by atoms with van der Waals surface area (Å²) in [7, 11) is -2.03. The number of benzene rings is 1. The van der Waals surface area contributed by atoms with Crippen molar-refractivity contribution in [3.8, 4) is 11.4 Å². The number of halogens is 1. The summed E-state index contributed by atoms with van der Waals surface area (Å²) in [6.07, 6.45) is 3.65. The van der Waals surface area contributed by atoms with E-state index in [0.717, 1.165) is 19.5 Å². The van der Waals surface area contributed by atoms with Gasteiger partial charge < -0.3 is 10.1 Å². The molecule has 0 aliphatic carbocycles. The summed E-state index contributed by atoms with van der Waals surface area (Å²) in [5.74, 6) is 0.877. The molecule has 2 aromatic rings. The predicted molar refractivity (Wildman–Crippen MR) is 98.1 cm³/mol. The van der Waals surface area contributed by atoms with E-state index in [0.29, 0.717) is 11.4 Å². The van der Waals surface area contributed by atoms with E-state index in [1.165, 1.54) is 17.1 Å². The van der Waals surface area contributed by atoms with E-state index in [-0.39, 0.29) is 29.3 Å². The first-order valence-electron chi connectivity index (χ1n) is 7.92. The number of ether oxygens (including phenoxy) is 1. The number of sulfonamides is 1. The second kappa shape index (κ2) is 8.18. The Hall–Kier alpha value is -1.61. The van der Waals surface area contributed by atoms with Gasteiger partial charge in [-0.2, -0.15) is 5.10 Å². The van der Waals surface area contributed by atoms with Crippen molar-refractivity contribution in [2.24, 2.45) is 5.92 Å². The van der Waals surface area contributed by atoms with Crippen molar-refractivity contribution in [2.75, 3.05) is 20.2 Å². The zero-order valence-electron chi connectivity index (χ0n) is 14.2. The Labute approximate surface area is 154 Å². The highest BCUT2D eigenvalue weighted by Gasteiger charge is 2.27. The first-order chi connectivity index (χ1) is 11.5. The molecule has 2 heterocycles. The number of aromatic nitrogens is 2. The fourth-order valence-electron chi connectivity index (χ4n) is 2.85. The highest BCUT2D eigenvalue weighted by molar-refractivity contribution is 7.89. The quantitative estimate of drug-likeness (QED) is 0.814. The minimum absolute atomic E-state index is 0. The molecule has 1 saturated heterocycles. The van der Waals surface area contributed by atoms with Crippen molar-refractivity contribution in [2.45, 2.75) is 24.3 Å². The van der Waals surface area contributed by atoms with Crippen LogP contribution in [0.1, 0.15) is 13.3 Å². The van der Waals surface area contributed by atoms with Crippen molar-refractivity contribution >= 4 is 22.4 Å². The van der Waals surface area contributed by atoms with Crippen molar-refractivity contribution in [3.05, 3.63) is 36.7 Å². The lowest BCUT2D eigenvalue weighted by Gasteiger charge is -2.29. The van der Waals surface area contributed by atoms with E-state index in [2.05, 4.69) is 15.1 Å². The van der Waals surface area contributed by atoms with Crippen LogP contribution in [-0.4, -0.2) is 44.4 Å². The molecule has 1 aromatic carbocycles. The van der Waals surface area contributed by atoms with Gasteiger partial charge in [0.05, 0.1) is 19.5 Å². The molecule has 2 atom stereocenters. The van der Waals surface area contributed by atoms with Crippen LogP contribution in [0.15, 0.2) is 41.6 Å². The van der Waals surface area contributed by atoms with Crippen LogP contribution in [0.3, 0.4) is 0 Å². The lowest BCUT2D eigenvalue weighted by molar-refractivity contribution is 0.328. The van der Waals surface area contributed by atoms with E-state index in [1.54, 1.807) is 13.2 Å². The number of hydrogen-bond acceptors (Lipinski definition) is 5. The molecule has 0 bridgehead atoms. The third kappa shape index (κ3) is 4.33. The Morgan fingerprint density at radius 1 is 1.36 bits per heavy atom. The van der Waals surface area contributed by atoms with E-state index >= 15 is 0 Å². The van der Waals surface area contributed by atoms with E-state index in [4.69, 9.17) is 4.74 Å². The molecule has 0 amide bonds. The Morgan fingerprint density at radius 3 is 2.84 bits per heavy atom. The van der Waals surface area contributed by atoms with Crippen LogP contribution in [0.5, 0.6) is 5.75 Å². The fraction of sp³-hybridized carbons (Fsp3) is 0.438. The SMILES string of the molecule is COc1ccccc1-n1cc(S(=O)(=O)NC2CCNCC2C)cn1.Cl. The van der Waals surface area contributed by atoms with Crippen molar-refractivity contribution in [3.63, 3.8) is 0 Å². The number of para-hydroxylation sites is 2. The Bertz CT molecular complexity index is 809. The number of nitrogens with one attached hydrogen (secondary N) is 2. The van der Waals surface area contributed by atoms with Crippen molar-refractivity contribution in [1.29, 1.82) is 0 Å². The molecule has 1 aromatic heterocycles. The van der Waals surface area contributed by atoms with Gasteiger partial charge >= 0.3 is 0 Å². The Kier molecular flexibility index (Phi) is 6.45. The summed E-state index contributed by atoms with van der Waals surface area (Å²) >= 11 is 0. The molecule has 0 spiro atoms. The lowest BCUT2D eigenvalue weighted by Crippen LogP contribution is -2.48. The van der Waals surface area contributed by atoms with Gasteiger partial charge in [-0.1, -0.05) is 19.1 Å². The van der Waals surface area contributed by atoms with Gasteiger partial charge in [0.15, 0.2) is 0 Å². The summed E-state index contributed by atoms with van der Waals surface area (Å²) in [4.78, 5) is 0.152. The van der Waals surface area contributed by atoms with Crippen LogP contribution in [0.25, 0.3) is 5.69 Å². The molecule has 9 heteroatoms. The summed E-state index contributed by atoms with van der Waals surface area (Å²) in [6, 6.07) is 7.27. The zero-order valence-corrected chi connectivity index (χ0v) is 15.8. The second-order valence-corrected chi connectivity index (χ2v) is 7.70. The number of methoxy groups -OCH3 is 1. The molecule has 0 saturated carbocycles. The molecule has 7 nitrogen and oxygen atoms in total. The van der Waals surface area contributed by atoms with Gasteiger partial charge in [0.25, 0.3) is 0 Å². The third-order valence-electron chi connectivity index (χ3n) is 4.29. The van der Waals surface area contributed by atoms with Gasteiger partial charge in [0, 0.05) is 6.04 Å². The second-order valence-electron chi connectivity index (χ2n) is 5.99. The normalized spacial score (nSPS) is 20.7. The summed E-state index contributed by atoms with van der Waals surface area (Å²) in [5.41, 5.74) is 0.691. The first-order valence-corrected chi connectivity index (χ1v) is 9.40. The Balaban J connectivity index is 0.00000225. The van der Waals surface area contributed by atoms with E-state index in [9.17, 15) is 8.42 Å². The molecule has 3 rings (SSSR count). The van der Waals surface area contributed by atoms with Gasteiger partial charge in [-0.25, -0.2) is 17.8 Å². The van der Waals surface area contributed by atoms with E-state index < -0.39 is 10.0 Å². The number of rotatable bonds is 5. The van der Waals surface area contributed by atoms with Crippen molar-refractivity contribution < 1.29 is 13.2 Å². The van der Waals surface area contributed by atoms with Crippen molar-refractivity contribution in [1.82, 2.24) is 19.8 Å². The smallest absolute Gasteiger partial charge is 0.243 e. The average Bonchev–Trinajstić information content (AvgIpc) is 3.07. The molecule has 1 aliphatic rings. The molecule has 25 heavy (non-hydrogen) atoms. The molecule has 1 aliphatic heterocycles. The Morgan fingerprint density at radius 2 is 2.12 bits per heavy atom. The lowest BCUT2D eigenvalue weighted by atomic mass is 9.97. The third-order valence-corrected chi connectivity index (χ3v) is 5.74. The van der Waals surface area contributed by atoms with Crippen LogP contribution in [-0.2, 0) is 10.0 Å². The summed E-state index contributed by atoms with van der Waals surface area (Å²) in [5, 5.41) is 7.44. The minimum Gasteiger partial charge on any atom is -0.494 e. The van der Waals surface area contributed by atoms with Crippen LogP contribution < -0.4 is 14.8 Å². The van der Waals surface area contributed by atoms with E-state index in [1.807, 2.05) is 25.1 Å². The predicted octanol–water partition coefficient (Wildman–Crippen LogP) is 1.58. The summed E-state index contributed by atoms with van der Waals surface area (Å²) in [6.45, 7) is 3.67. The fourth-order valence-corrected chi connectivity index (χ4v) is 4.16. The molecular weight excluding hydrogens is 364 g/mol. The maximum absolute atomic E-state index is 12.6. The zero-order chi connectivity index (χ0) is 17.2. The van der Waals surface area contributed by atoms with Gasteiger partial charge in [0.2, 0.25) is 10.0 Å². The summed E-state index contributed by atoms with van der Waals surface area (Å²) < 4.78 is 34.9. The molecule has 1 fully saturated rings. The molecule has 2 N–H and O–H groups in total. The number of hydrogen-bond donors (Lipinski definition) is 2. The molecule has 138 valence electrons. The average molecular weight is 387 g/mol. The van der Waals surface area contributed by atoms with Gasteiger partial charge in [0.1, 0.15) is 16.3 Å². The maximum atomic E-state index is 12.6. The number of piperidine rings is 1. The largest absolute Gasteiger partial charge is 0.494 e. The molecular formula is C16H23ClN4O3S. The van der Waals surface area contributed by atoms with Crippen LogP contribution in [0, 0.1) is 5.92 Å². The topological polar surface area (TPSA) is 85.2 Å². The maximum Gasteiger partial charge on any atom is 0.243 e. The first kappa shape index (κ1) is 19.7. The van der Waals surface area contributed by atoms with Crippen LogP contribution in [0.2, 0.25) is 0 Å². The molecule has 0 radical (unpaired) electrons. The van der Waals surface area contributed by atoms with Gasteiger partial charge in [-0.15, -0.1) is 12.4 Å². The minimum atomic E-state index is -3.60. The van der Waals surface area contributed by atoms with Gasteiger partial charge in [-0.05, 0) is 37.6 Å². The number of nitrogens with zero attached hydrogens (tertiary/aromatic N) is 2. The van der Waals surface area contributed by atoms with Gasteiger partial charge in [-0.3, -0.25) is 0 Å². The monoisotopic (exact) mass is 386 g/mol. The van der Waals surface area contributed by atoms with Crippen LogP contribution >= 0.6 is 12.4 Å². The standard InChI is InChI=1S/C16H22N4O3S.ClH/c1-12-9-17-8-7-14(12)19-24(21,22)13-10-18-20(11-13)15-5-3-4-6-16(15)23-2;/h3-6,10-12,14,17,19H,7-9H2,1-2H3;1H. The highest BCUT2D eigenvalue weighted by atomic mass is 35.5. The highest BCUT2D eigenvalue weighted by Crippen LogP contribution is 2.23. The molecule has 2 unspecified atom stereocenters.